The van der Waals surface area contributed by atoms with Crippen LogP contribution in [0.2, 0.25) is 0 Å². The number of para-hydroxylation sites is 1. The standard InChI is InChI=1S/C25H22N2O2.HI/c1-4-18-9-5-8-12-21(18)26-22-23(27-14-16(2)13-17(3)15-27)25(29)20-11-7-6-10-19(20)24(22)28;/h5-15H,4H2,1-3H3;1H. The van der Waals surface area contributed by atoms with Gasteiger partial charge >= 0.3 is 0 Å². The third-order valence-electron chi connectivity index (χ3n) is 5.15. The number of carbonyl (C=O) groups is 2. The van der Waals surface area contributed by atoms with Gasteiger partial charge in [0.15, 0.2) is 18.1 Å². The number of pyridine rings is 1. The summed E-state index contributed by atoms with van der Waals surface area (Å²) in [6, 6.07) is 16.9. The number of hydrogen-bond acceptors (Lipinski definition) is 3. The molecule has 0 saturated heterocycles. The van der Waals surface area contributed by atoms with Crippen LogP contribution in [0.5, 0.6) is 0 Å². The van der Waals surface area contributed by atoms with Gasteiger partial charge in [0.2, 0.25) is 5.78 Å². The first kappa shape index (κ1) is 21.9. The molecule has 3 aromatic rings. The Morgan fingerprint density at radius 2 is 1.40 bits per heavy atom. The number of ketones is 2. The van der Waals surface area contributed by atoms with E-state index in [4.69, 9.17) is 0 Å². The quantitative estimate of drug-likeness (QED) is 0.428. The van der Waals surface area contributed by atoms with E-state index in [0.717, 1.165) is 28.8 Å². The molecule has 4 rings (SSSR count). The van der Waals surface area contributed by atoms with Crippen LogP contribution in [-0.2, 0) is 6.42 Å². The normalized spacial score (nSPS) is 13.0. The molecule has 30 heavy (non-hydrogen) atoms. The summed E-state index contributed by atoms with van der Waals surface area (Å²) in [6.45, 7) is 6.02. The number of hydrogen-bond donors (Lipinski definition) is 1. The third kappa shape index (κ3) is 3.94. The smallest absolute Gasteiger partial charge is 0.286 e. The lowest BCUT2D eigenvalue weighted by atomic mass is 9.89. The van der Waals surface area contributed by atoms with Crippen molar-refractivity contribution >= 4 is 23.0 Å². The number of benzene rings is 2. The lowest BCUT2D eigenvalue weighted by Gasteiger charge is -2.20. The van der Waals surface area contributed by atoms with Crippen molar-refractivity contribution in [3.63, 3.8) is 0 Å². The molecule has 0 radical (unpaired) electrons. The molecule has 2 aromatic carbocycles. The van der Waals surface area contributed by atoms with Crippen molar-refractivity contribution < 1.29 is 38.1 Å². The number of halogens is 1. The van der Waals surface area contributed by atoms with Gasteiger partial charge in [-0.3, -0.25) is 9.59 Å². The van der Waals surface area contributed by atoms with Crippen LogP contribution in [0.4, 0.5) is 5.69 Å². The first-order valence-corrected chi connectivity index (χ1v) is 9.77. The second-order valence-electron chi connectivity index (χ2n) is 7.36. The molecule has 1 aliphatic rings. The van der Waals surface area contributed by atoms with Gasteiger partial charge in [-0.05, 0) is 38.0 Å². The molecule has 1 aliphatic carbocycles. The van der Waals surface area contributed by atoms with Crippen LogP contribution in [0.1, 0.15) is 44.3 Å². The highest BCUT2D eigenvalue weighted by Crippen LogP contribution is 2.29. The van der Waals surface area contributed by atoms with E-state index in [2.05, 4.69) is 12.2 Å². The number of aryl methyl sites for hydroxylation is 3. The van der Waals surface area contributed by atoms with Crippen LogP contribution < -0.4 is 33.9 Å². The van der Waals surface area contributed by atoms with Gasteiger partial charge in [0.05, 0.1) is 0 Å². The van der Waals surface area contributed by atoms with E-state index in [1.807, 2.05) is 56.6 Å². The van der Waals surface area contributed by atoms with E-state index in [1.54, 1.807) is 28.8 Å². The molecule has 4 nitrogen and oxygen atoms in total. The molecule has 0 amide bonds. The average molecular weight is 510 g/mol. The molecule has 0 unspecified atom stereocenters. The van der Waals surface area contributed by atoms with Crippen molar-refractivity contribution in [2.75, 3.05) is 5.32 Å². The number of aromatic nitrogens is 1. The highest BCUT2D eigenvalue weighted by Gasteiger charge is 2.38. The maximum atomic E-state index is 13.5. The Bertz CT molecular complexity index is 1160. The minimum Gasteiger partial charge on any atom is -1.00 e. The molecule has 152 valence electrons. The Morgan fingerprint density at radius 3 is 2.03 bits per heavy atom. The van der Waals surface area contributed by atoms with E-state index in [-0.39, 0.29) is 35.5 Å². The van der Waals surface area contributed by atoms with Crippen molar-refractivity contribution in [2.24, 2.45) is 0 Å². The van der Waals surface area contributed by atoms with E-state index in [0.29, 0.717) is 22.5 Å². The molecule has 5 heteroatoms. The number of fused-ring (bicyclic) bond motifs is 1. The summed E-state index contributed by atoms with van der Waals surface area (Å²) in [6.07, 6.45) is 4.59. The van der Waals surface area contributed by atoms with Crippen molar-refractivity contribution in [1.29, 1.82) is 0 Å². The summed E-state index contributed by atoms with van der Waals surface area (Å²) >= 11 is 0. The fraction of sp³-hybridized carbons (Fsp3) is 0.160. The van der Waals surface area contributed by atoms with Gasteiger partial charge in [0.25, 0.3) is 11.5 Å². The summed E-state index contributed by atoms with van der Waals surface area (Å²) in [7, 11) is 0. The van der Waals surface area contributed by atoms with Crippen molar-refractivity contribution in [1.82, 2.24) is 0 Å². The summed E-state index contributed by atoms with van der Waals surface area (Å²) in [4.78, 5) is 26.9. The summed E-state index contributed by atoms with van der Waals surface area (Å²) in [5.41, 5.74) is 5.50. The van der Waals surface area contributed by atoms with Crippen molar-refractivity contribution in [3.05, 3.63) is 101 Å². The Kier molecular flexibility index (Phi) is 6.51. The van der Waals surface area contributed by atoms with E-state index in [1.165, 1.54) is 0 Å². The van der Waals surface area contributed by atoms with E-state index >= 15 is 0 Å². The molecule has 0 saturated carbocycles. The molecule has 1 N–H and O–H groups in total. The molecule has 1 aromatic heterocycles. The van der Waals surface area contributed by atoms with Gasteiger partial charge in [-0.1, -0.05) is 49.4 Å². The number of nitrogens with one attached hydrogen (secondary N) is 1. The Hall–Kier alpha value is -2.80. The maximum absolute atomic E-state index is 13.5. The number of carbonyl (C=O) groups excluding carboxylic acids is 2. The first-order chi connectivity index (χ1) is 14.0. The second kappa shape index (κ2) is 8.92. The van der Waals surface area contributed by atoms with Crippen LogP contribution in [0.25, 0.3) is 5.70 Å². The van der Waals surface area contributed by atoms with Gasteiger partial charge in [-0.25, -0.2) is 0 Å². The summed E-state index contributed by atoms with van der Waals surface area (Å²) < 4.78 is 1.78. The van der Waals surface area contributed by atoms with Gasteiger partial charge in [-0.15, -0.1) is 0 Å². The van der Waals surface area contributed by atoms with Gasteiger partial charge in [0, 0.05) is 27.9 Å². The number of Topliss-reactive ketones (excluding diaryl/α,β-unsaturated/α-hetero) is 2. The molecule has 0 atom stereocenters. The third-order valence-corrected chi connectivity index (χ3v) is 5.15. The monoisotopic (exact) mass is 510 g/mol. The predicted molar refractivity (Wildman–Crippen MR) is 114 cm³/mol. The first-order valence-electron chi connectivity index (χ1n) is 9.77. The molecule has 0 fully saturated rings. The highest BCUT2D eigenvalue weighted by molar-refractivity contribution is 6.36. The highest BCUT2D eigenvalue weighted by atomic mass is 127. The molecule has 0 spiro atoms. The van der Waals surface area contributed by atoms with Crippen LogP contribution >= 0.6 is 0 Å². The number of rotatable bonds is 4. The lowest BCUT2D eigenvalue weighted by Crippen LogP contribution is -3.00. The fourth-order valence-electron chi connectivity index (χ4n) is 3.85. The molecular weight excluding hydrogens is 487 g/mol. The largest absolute Gasteiger partial charge is 1.00 e. The molecule has 0 bridgehead atoms. The zero-order valence-corrected chi connectivity index (χ0v) is 19.4. The Balaban J connectivity index is 0.00000256. The topological polar surface area (TPSA) is 50.1 Å². The van der Waals surface area contributed by atoms with Gasteiger partial charge in [-0.2, -0.15) is 4.57 Å². The minimum absolute atomic E-state index is 0. The number of nitrogens with zero attached hydrogens (tertiary/aromatic N) is 1. The SMILES string of the molecule is CCc1ccccc1NC1=C([n+]2cc(C)cc(C)c2)C(=O)c2ccccc2C1=O.[I-]. The van der Waals surface area contributed by atoms with Gasteiger partial charge in [0.1, 0.15) is 0 Å². The number of allylic oxidation sites excluding steroid dienone is 2. The Morgan fingerprint density at radius 1 is 0.833 bits per heavy atom. The van der Waals surface area contributed by atoms with Crippen LogP contribution in [0, 0.1) is 13.8 Å². The average Bonchev–Trinajstić information content (AvgIpc) is 2.71. The molecule has 1 heterocycles. The summed E-state index contributed by atoms with van der Waals surface area (Å²) in [5, 5.41) is 3.30. The molecular formula is C25H23IN2O2. The van der Waals surface area contributed by atoms with Crippen molar-refractivity contribution in [2.45, 2.75) is 27.2 Å². The van der Waals surface area contributed by atoms with E-state index < -0.39 is 0 Å². The van der Waals surface area contributed by atoms with Gasteiger partial charge < -0.3 is 29.3 Å². The number of anilines is 1. The second-order valence-corrected chi connectivity index (χ2v) is 7.36. The zero-order valence-electron chi connectivity index (χ0n) is 17.2. The zero-order chi connectivity index (χ0) is 20.5. The van der Waals surface area contributed by atoms with E-state index in [9.17, 15) is 9.59 Å². The predicted octanol–water partition coefficient (Wildman–Crippen LogP) is 1.52. The van der Waals surface area contributed by atoms with Crippen LogP contribution in [-0.4, -0.2) is 11.6 Å². The van der Waals surface area contributed by atoms with Crippen molar-refractivity contribution in [3.8, 4) is 0 Å². The minimum atomic E-state index is -0.173. The Labute approximate surface area is 193 Å². The van der Waals surface area contributed by atoms with Crippen LogP contribution in [0.3, 0.4) is 0 Å². The fourth-order valence-corrected chi connectivity index (χ4v) is 3.85. The lowest BCUT2D eigenvalue weighted by molar-refractivity contribution is -0.578. The maximum Gasteiger partial charge on any atom is 0.286 e. The van der Waals surface area contributed by atoms with Crippen LogP contribution in [0.15, 0.2) is 72.7 Å². The summed E-state index contributed by atoms with van der Waals surface area (Å²) in [5.74, 6) is -0.334. The molecule has 0 aliphatic heterocycles.